The van der Waals surface area contributed by atoms with E-state index >= 15 is 0 Å². The minimum absolute atomic E-state index is 0.330. The van der Waals surface area contributed by atoms with Gasteiger partial charge in [0, 0.05) is 43.5 Å². The zero-order chi connectivity index (χ0) is 24.2. The van der Waals surface area contributed by atoms with Gasteiger partial charge in [0.15, 0.2) is 11.5 Å². The first-order chi connectivity index (χ1) is 17.2. The highest BCUT2D eigenvalue weighted by Crippen LogP contribution is 2.37. The first kappa shape index (κ1) is 23.7. The van der Waals surface area contributed by atoms with Crippen LogP contribution in [0, 0.1) is 0 Å². The molecule has 0 spiro atoms. The minimum Gasteiger partial charge on any atom is -0.491 e. The van der Waals surface area contributed by atoms with Crippen molar-refractivity contribution in [2.45, 2.75) is 26.3 Å². The number of nitrogens with one attached hydrogen (secondary N) is 1. The Morgan fingerprint density at radius 2 is 2.11 bits per heavy atom. The van der Waals surface area contributed by atoms with Crippen molar-refractivity contribution < 1.29 is 19.0 Å². The van der Waals surface area contributed by atoms with Gasteiger partial charge in [0.2, 0.25) is 5.62 Å². The Hall–Kier alpha value is -3.02. The van der Waals surface area contributed by atoms with Gasteiger partial charge in [0.1, 0.15) is 17.0 Å². The lowest BCUT2D eigenvalue weighted by molar-refractivity contribution is 0.0357. The highest BCUT2D eigenvalue weighted by atomic mass is 32.1. The number of ether oxygens (including phenoxy) is 3. The molecule has 0 aliphatic carbocycles. The summed E-state index contributed by atoms with van der Waals surface area (Å²) in [5.41, 5.74) is 1.28. The van der Waals surface area contributed by atoms with Crippen molar-refractivity contribution in [2.24, 2.45) is 4.99 Å². The summed E-state index contributed by atoms with van der Waals surface area (Å²) in [6.07, 6.45) is 1.69. The van der Waals surface area contributed by atoms with Crippen LogP contribution < -0.4 is 20.4 Å². The molecule has 2 aliphatic heterocycles. The molecule has 0 unspecified atom stereocenters. The number of anilines is 1. The lowest BCUT2D eigenvalue weighted by Gasteiger charge is -2.26. The molecule has 1 amide bonds. The largest absolute Gasteiger partial charge is 0.491 e. The third-order valence-electron chi connectivity index (χ3n) is 6.16. The predicted molar refractivity (Wildman–Crippen MR) is 134 cm³/mol. The van der Waals surface area contributed by atoms with Crippen molar-refractivity contribution in [1.82, 2.24) is 19.4 Å². The van der Waals surface area contributed by atoms with E-state index < -0.39 is 5.91 Å². The van der Waals surface area contributed by atoms with Gasteiger partial charge >= 0.3 is 0 Å². The average molecular weight is 499 g/mol. The van der Waals surface area contributed by atoms with E-state index in [0.717, 1.165) is 68.4 Å². The number of fused-ring (bicyclic) bond motifs is 3. The maximum Gasteiger partial charge on any atom is 0.299 e. The summed E-state index contributed by atoms with van der Waals surface area (Å²) in [7, 11) is 1.61. The standard InChI is InChI=1S/C24H30N6O4S/c1-3-19-26-17(15-35-19)23(31)28-24-27-20-16(22-25-7-9-30(22)24)5-6-18(21(20)32-2)34-12-4-8-29-10-13-33-14-11-29/h5-6,15,25H,3-4,7-14H2,1-2H3. The van der Waals surface area contributed by atoms with E-state index in [9.17, 15) is 4.79 Å². The quantitative estimate of drug-likeness (QED) is 0.472. The topological polar surface area (TPSA) is 103 Å². The molecule has 0 radical (unpaired) electrons. The fraction of sp³-hybridized carbons (Fsp3) is 0.500. The maximum absolute atomic E-state index is 12.8. The number of carbonyl (C=O) groups is 1. The van der Waals surface area contributed by atoms with Crippen molar-refractivity contribution in [1.29, 1.82) is 0 Å². The average Bonchev–Trinajstić information content (AvgIpc) is 3.57. The van der Waals surface area contributed by atoms with E-state index in [1.54, 1.807) is 12.5 Å². The SMILES string of the molecule is CCc1nc(C(=O)N=c2nc3c(OC)c(OCCCN4CCOCC4)ccc3c3n2CCN3)cs1. The molecule has 0 bridgehead atoms. The normalized spacial score (nSPS) is 16.3. The van der Waals surface area contributed by atoms with Gasteiger partial charge in [0.25, 0.3) is 5.91 Å². The highest BCUT2D eigenvalue weighted by Gasteiger charge is 2.21. The van der Waals surface area contributed by atoms with Crippen molar-refractivity contribution in [3.8, 4) is 11.5 Å². The van der Waals surface area contributed by atoms with Gasteiger partial charge in [-0.05, 0) is 25.0 Å². The van der Waals surface area contributed by atoms with Crippen LogP contribution in [0.2, 0.25) is 0 Å². The maximum atomic E-state index is 12.8. The zero-order valence-corrected chi connectivity index (χ0v) is 20.9. The second-order valence-electron chi connectivity index (χ2n) is 8.38. The number of benzene rings is 1. The number of methoxy groups -OCH3 is 1. The van der Waals surface area contributed by atoms with E-state index in [1.807, 2.05) is 23.6 Å². The van der Waals surface area contributed by atoms with Crippen LogP contribution in [-0.4, -0.2) is 78.5 Å². The molecule has 35 heavy (non-hydrogen) atoms. The highest BCUT2D eigenvalue weighted by molar-refractivity contribution is 7.09. The Morgan fingerprint density at radius 3 is 2.89 bits per heavy atom. The van der Waals surface area contributed by atoms with Gasteiger partial charge in [-0.1, -0.05) is 6.92 Å². The summed E-state index contributed by atoms with van der Waals surface area (Å²) in [5.74, 6) is 1.63. The van der Waals surface area contributed by atoms with Gasteiger partial charge in [-0.2, -0.15) is 4.99 Å². The Balaban J connectivity index is 1.43. The number of carbonyl (C=O) groups excluding carboxylic acids is 1. The molecule has 4 heterocycles. The third kappa shape index (κ3) is 5.02. The lowest BCUT2D eigenvalue weighted by atomic mass is 10.2. The number of hydrogen-bond acceptors (Lipinski definition) is 9. The molecular formula is C24H30N6O4S. The van der Waals surface area contributed by atoms with E-state index in [0.29, 0.717) is 41.5 Å². The van der Waals surface area contributed by atoms with Crippen LogP contribution in [0.5, 0.6) is 11.5 Å². The molecule has 11 heteroatoms. The number of rotatable bonds is 8. The summed E-state index contributed by atoms with van der Waals surface area (Å²) in [5, 5.41) is 6.95. The molecule has 0 atom stereocenters. The van der Waals surface area contributed by atoms with Crippen LogP contribution in [0.15, 0.2) is 22.5 Å². The first-order valence-corrected chi connectivity index (χ1v) is 12.9. The fourth-order valence-corrected chi connectivity index (χ4v) is 5.08. The van der Waals surface area contributed by atoms with Crippen LogP contribution in [0.1, 0.15) is 28.8 Å². The Kier molecular flexibility index (Phi) is 7.26. The number of aromatic nitrogens is 3. The van der Waals surface area contributed by atoms with Gasteiger partial charge in [-0.3, -0.25) is 14.3 Å². The summed E-state index contributed by atoms with van der Waals surface area (Å²) >= 11 is 1.47. The predicted octanol–water partition coefficient (Wildman–Crippen LogP) is 2.33. The first-order valence-electron chi connectivity index (χ1n) is 12.0. The molecule has 1 N–H and O–H groups in total. The van der Waals surface area contributed by atoms with Gasteiger partial charge in [-0.15, -0.1) is 11.3 Å². The number of amides is 1. The molecule has 186 valence electrons. The zero-order valence-electron chi connectivity index (χ0n) is 20.1. The molecule has 1 fully saturated rings. The van der Waals surface area contributed by atoms with Crippen LogP contribution in [0.3, 0.4) is 0 Å². The molecule has 5 rings (SSSR count). The number of aryl methyl sites for hydroxylation is 1. The van der Waals surface area contributed by atoms with Crippen LogP contribution >= 0.6 is 11.3 Å². The third-order valence-corrected chi connectivity index (χ3v) is 7.15. The minimum atomic E-state index is -0.399. The van der Waals surface area contributed by atoms with Crippen LogP contribution in [-0.2, 0) is 17.7 Å². The van der Waals surface area contributed by atoms with Gasteiger partial charge < -0.3 is 19.5 Å². The summed E-state index contributed by atoms with van der Waals surface area (Å²) in [6, 6.07) is 3.90. The summed E-state index contributed by atoms with van der Waals surface area (Å²) in [4.78, 5) is 28.7. The molecule has 0 saturated carbocycles. The number of thiazole rings is 1. The van der Waals surface area contributed by atoms with E-state index in [4.69, 9.17) is 19.2 Å². The molecule has 10 nitrogen and oxygen atoms in total. The van der Waals surface area contributed by atoms with E-state index in [-0.39, 0.29) is 0 Å². The Bertz CT molecular complexity index is 1280. The second-order valence-corrected chi connectivity index (χ2v) is 9.33. The molecule has 2 aromatic heterocycles. The number of nitrogens with zero attached hydrogens (tertiary/aromatic N) is 5. The second kappa shape index (κ2) is 10.7. The van der Waals surface area contributed by atoms with E-state index in [1.165, 1.54) is 11.3 Å². The number of hydrogen-bond donors (Lipinski definition) is 1. The Labute approximate surface area is 207 Å². The summed E-state index contributed by atoms with van der Waals surface area (Å²) in [6.45, 7) is 8.45. The van der Waals surface area contributed by atoms with Crippen molar-refractivity contribution >= 4 is 34.0 Å². The fourth-order valence-electron chi connectivity index (χ4n) is 4.36. The van der Waals surface area contributed by atoms with Crippen molar-refractivity contribution in [2.75, 3.05) is 58.4 Å². The molecule has 2 aliphatic rings. The Morgan fingerprint density at radius 1 is 1.26 bits per heavy atom. The van der Waals surface area contributed by atoms with Gasteiger partial charge in [0.05, 0.1) is 31.9 Å². The molecule has 1 saturated heterocycles. The van der Waals surface area contributed by atoms with Crippen molar-refractivity contribution in [3.05, 3.63) is 33.8 Å². The summed E-state index contributed by atoms with van der Waals surface area (Å²) < 4.78 is 19.2. The molecule has 3 aromatic rings. The lowest BCUT2D eigenvalue weighted by Crippen LogP contribution is -2.37. The molecule has 1 aromatic carbocycles. The van der Waals surface area contributed by atoms with Crippen LogP contribution in [0.25, 0.3) is 10.9 Å². The molecular weight excluding hydrogens is 468 g/mol. The van der Waals surface area contributed by atoms with Gasteiger partial charge in [-0.25, -0.2) is 9.97 Å². The van der Waals surface area contributed by atoms with Crippen molar-refractivity contribution in [3.63, 3.8) is 0 Å². The van der Waals surface area contributed by atoms with Crippen LogP contribution in [0.4, 0.5) is 5.82 Å². The van der Waals surface area contributed by atoms with E-state index in [2.05, 4.69) is 20.2 Å². The number of morpholine rings is 1. The smallest absolute Gasteiger partial charge is 0.299 e. The monoisotopic (exact) mass is 498 g/mol.